The number of nitrogens with one attached hydrogen (secondary N) is 2. The van der Waals surface area contributed by atoms with Crippen LogP contribution in [0.25, 0.3) is 55.7 Å². The fraction of sp³-hybridized carbons (Fsp3) is 0.0833. The predicted molar refractivity (Wildman–Crippen MR) is 121 cm³/mol. The Morgan fingerprint density at radius 1 is 0.906 bits per heavy atom. The lowest BCUT2D eigenvalue weighted by molar-refractivity contribution is 0.627. The molecule has 0 radical (unpaired) electrons. The normalized spacial score (nSPS) is 11.6. The zero-order chi connectivity index (χ0) is 21.8. The molecular weight excluding hydrogens is 405 g/mol. The van der Waals surface area contributed by atoms with E-state index in [1.165, 1.54) is 12.1 Å². The van der Waals surface area contributed by atoms with Crippen LogP contribution in [0.5, 0.6) is 0 Å². The molecule has 0 fully saturated rings. The molecule has 0 atom stereocenters. The van der Waals surface area contributed by atoms with Crippen LogP contribution in [0.1, 0.15) is 5.56 Å². The first-order chi connectivity index (χ1) is 15.5. The van der Waals surface area contributed by atoms with Gasteiger partial charge in [0, 0.05) is 46.9 Å². The van der Waals surface area contributed by atoms with Crippen molar-refractivity contribution in [3.63, 3.8) is 0 Å². The smallest absolute Gasteiger partial charge is 0.124 e. The molecule has 7 nitrogen and oxygen atoms in total. The van der Waals surface area contributed by atoms with Gasteiger partial charge in [0.05, 0.1) is 35.0 Å². The summed E-state index contributed by atoms with van der Waals surface area (Å²) in [7, 11) is 1.88. The van der Waals surface area contributed by atoms with Crippen LogP contribution >= 0.6 is 0 Å². The molecule has 5 heterocycles. The maximum Gasteiger partial charge on any atom is 0.124 e. The molecule has 0 amide bonds. The molecular formula is C24H18FN7. The molecule has 156 valence electrons. The number of aromatic amines is 2. The molecule has 0 unspecified atom stereocenters. The van der Waals surface area contributed by atoms with Gasteiger partial charge in [0.25, 0.3) is 0 Å². The summed E-state index contributed by atoms with van der Waals surface area (Å²) in [5, 5.41) is 13.7. The Labute approximate surface area is 182 Å². The van der Waals surface area contributed by atoms with E-state index in [2.05, 4.69) is 30.2 Å². The van der Waals surface area contributed by atoms with Gasteiger partial charge in [0.15, 0.2) is 0 Å². The quantitative estimate of drug-likeness (QED) is 0.419. The molecule has 0 saturated heterocycles. The molecule has 6 rings (SSSR count). The van der Waals surface area contributed by atoms with Gasteiger partial charge in [-0.3, -0.25) is 19.7 Å². The van der Waals surface area contributed by atoms with E-state index >= 15 is 0 Å². The molecule has 6 aromatic rings. The summed E-state index contributed by atoms with van der Waals surface area (Å²) < 4.78 is 15.8. The van der Waals surface area contributed by atoms with Crippen molar-refractivity contribution in [2.75, 3.05) is 0 Å². The van der Waals surface area contributed by atoms with Crippen molar-refractivity contribution in [2.45, 2.75) is 6.92 Å². The number of aryl methyl sites for hydroxylation is 2. The number of pyridine rings is 2. The first kappa shape index (κ1) is 18.4. The molecule has 1 aromatic carbocycles. The van der Waals surface area contributed by atoms with Crippen molar-refractivity contribution in [1.82, 2.24) is 34.9 Å². The monoisotopic (exact) mass is 423 g/mol. The summed E-state index contributed by atoms with van der Waals surface area (Å²) in [6, 6.07) is 10.9. The minimum absolute atomic E-state index is 0.275. The molecule has 5 aromatic heterocycles. The molecule has 8 heteroatoms. The second kappa shape index (κ2) is 6.84. The average molecular weight is 423 g/mol. The summed E-state index contributed by atoms with van der Waals surface area (Å²) in [4.78, 5) is 12.5. The summed E-state index contributed by atoms with van der Waals surface area (Å²) in [6.45, 7) is 1.87. The number of rotatable bonds is 3. The molecule has 0 bridgehead atoms. The predicted octanol–water partition coefficient (Wildman–Crippen LogP) is 5.02. The van der Waals surface area contributed by atoms with Gasteiger partial charge in [-0.1, -0.05) is 0 Å². The Morgan fingerprint density at radius 3 is 2.59 bits per heavy atom. The van der Waals surface area contributed by atoms with Gasteiger partial charge in [0.2, 0.25) is 0 Å². The molecule has 32 heavy (non-hydrogen) atoms. The van der Waals surface area contributed by atoms with E-state index < -0.39 is 0 Å². The van der Waals surface area contributed by atoms with Gasteiger partial charge in [0.1, 0.15) is 11.5 Å². The van der Waals surface area contributed by atoms with E-state index in [-0.39, 0.29) is 5.82 Å². The van der Waals surface area contributed by atoms with Gasteiger partial charge >= 0.3 is 0 Å². The highest BCUT2D eigenvalue weighted by molar-refractivity contribution is 6.00. The van der Waals surface area contributed by atoms with Crippen LogP contribution < -0.4 is 0 Å². The molecule has 0 aliphatic carbocycles. The van der Waals surface area contributed by atoms with E-state index in [0.29, 0.717) is 0 Å². The van der Waals surface area contributed by atoms with Gasteiger partial charge < -0.3 is 4.98 Å². The lowest BCUT2D eigenvalue weighted by Gasteiger charge is -2.04. The number of hydrogen-bond donors (Lipinski definition) is 2. The van der Waals surface area contributed by atoms with E-state index in [9.17, 15) is 4.39 Å². The molecule has 0 spiro atoms. The maximum atomic E-state index is 14.0. The standard InChI is InChI=1S/C24H18FN7/c1-13-5-14(7-16(25)6-13)23-17-9-21(29-19(17)3-4-26-23)24-18-8-20(15-10-28-32(2)12-15)27-11-22(18)30-31-24/h3-12,29H,1-2H3,(H,30,31). The van der Waals surface area contributed by atoms with E-state index in [0.717, 1.165) is 61.3 Å². The third kappa shape index (κ3) is 2.96. The van der Waals surface area contributed by atoms with E-state index in [4.69, 9.17) is 0 Å². The third-order valence-electron chi connectivity index (χ3n) is 5.57. The SMILES string of the molecule is Cc1cc(F)cc(-c2nccc3[nH]c(-c4n[nH]c5cnc(-c6cnn(C)c6)cc45)cc23)c1. The van der Waals surface area contributed by atoms with Crippen LogP contribution in [-0.4, -0.2) is 34.9 Å². The van der Waals surface area contributed by atoms with Gasteiger partial charge in [-0.15, -0.1) is 0 Å². The topological polar surface area (TPSA) is 88.1 Å². The van der Waals surface area contributed by atoms with Crippen molar-refractivity contribution in [2.24, 2.45) is 7.05 Å². The Hall–Kier alpha value is -4.33. The van der Waals surface area contributed by atoms with Crippen molar-refractivity contribution in [1.29, 1.82) is 0 Å². The number of fused-ring (bicyclic) bond motifs is 2. The maximum absolute atomic E-state index is 14.0. The highest BCUT2D eigenvalue weighted by Crippen LogP contribution is 2.34. The fourth-order valence-electron chi connectivity index (χ4n) is 4.12. The van der Waals surface area contributed by atoms with Crippen molar-refractivity contribution >= 4 is 21.8 Å². The number of hydrogen-bond acceptors (Lipinski definition) is 4. The van der Waals surface area contributed by atoms with Gasteiger partial charge in [-0.05, 0) is 48.9 Å². The van der Waals surface area contributed by atoms with Crippen LogP contribution in [0.15, 0.2) is 61.2 Å². The highest BCUT2D eigenvalue weighted by Gasteiger charge is 2.16. The molecule has 2 N–H and O–H groups in total. The Balaban J connectivity index is 1.51. The van der Waals surface area contributed by atoms with Crippen molar-refractivity contribution < 1.29 is 4.39 Å². The first-order valence-corrected chi connectivity index (χ1v) is 10.1. The van der Waals surface area contributed by atoms with Crippen LogP contribution in [0.3, 0.4) is 0 Å². The van der Waals surface area contributed by atoms with E-state index in [1.54, 1.807) is 23.3 Å². The van der Waals surface area contributed by atoms with Crippen LogP contribution in [0, 0.1) is 12.7 Å². The minimum Gasteiger partial charge on any atom is -0.353 e. The lowest BCUT2D eigenvalue weighted by atomic mass is 10.0. The van der Waals surface area contributed by atoms with Gasteiger partial charge in [-0.25, -0.2) is 4.39 Å². The van der Waals surface area contributed by atoms with E-state index in [1.807, 2.05) is 44.4 Å². The Bertz CT molecular complexity index is 1600. The fourth-order valence-corrected chi connectivity index (χ4v) is 4.12. The number of aromatic nitrogens is 7. The molecule has 0 aliphatic heterocycles. The van der Waals surface area contributed by atoms with Gasteiger partial charge in [-0.2, -0.15) is 10.2 Å². The highest BCUT2D eigenvalue weighted by atomic mass is 19.1. The number of H-pyrrole nitrogens is 2. The Morgan fingerprint density at radius 2 is 1.78 bits per heavy atom. The molecule has 0 aliphatic rings. The second-order valence-corrected chi connectivity index (χ2v) is 7.91. The van der Waals surface area contributed by atoms with Crippen LogP contribution in [0.2, 0.25) is 0 Å². The lowest BCUT2D eigenvalue weighted by Crippen LogP contribution is -1.87. The summed E-state index contributed by atoms with van der Waals surface area (Å²) in [6.07, 6.45) is 7.22. The Kier molecular flexibility index (Phi) is 3.94. The summed E-state index contributed by atoms with van der Waals surface area (Å²) in [5.74, 6) is -0.275. The van der Waals surface area contributed by atoms with Crippen molar-refractivity contribution in [3.8, 4) is 33.9 Å². The van der Waals surface area contributed by atoms with Crippen LogP contribution in [-0.2, 0) is 7.05 Å². The summed E-state index contributed by atoms with van der Waals surface area (Å²) in [5.41, 5.74) is 7.45. The first-order valence-electron chi connectivity index (χ1n) is 10.1. The number of halogens is 1. The number of benzene rings is 1. The molecule has 0 saturated carbocycles. The van der Waals surface area contributed by atoms with Crippen molar-refractivity contribution in [3.05, 3.63) is 72.6 Å². The zero-order valence-corrected chi connectivity index (χ0v) is 17.4. The largest absolute Gasteiger partial charge is 0.353 e. The zero-order valence-electron chi connectivity index (χ0n) is 17.4. The van der Waals surface area contributed by atoms with Crippen LogP contribution in [0.4, 0.5) is 4.39 Å². The summed E-state index contributed by atoms with van der Waals surface area (Å²) >= 11 is 0. The third-order valence-corrected chi connectivity index (χ3v) is 5.57. The number of nitrogens with zero attached hydrogens (tertiary/aromatic N) is 5. The second-order valence-electron chi connectivity index (χ2n) is 7.91. The average Bonchev–Trinajstić information content (AvgIpc) is 3.49. The minimum atomic E-state index is -0.275.